The maximum absolute atomic E-state index is 12.8. The predicted octanol–water partition coefficient (Wildman–Crippen LogP) is 5.88. The summed E-state index contributed by atoms with van der Waals surface area (Å²) in [5.74, 6) is 2.45. The standard InChI is InChI=1S/C30H34ClN9O3S3/c1-20-6-5-7-22(31)27(20)38-28(41)23-19-34-29(45-23)37-24-18-25(36-21(2)35-24)40-14-12-39(13-15-40)11-10-33-30(42)43-16-17-44-46-26-8-3-4-9-32-26/h3-9,18-19H,10-17H2,1-2H3,(H,33,42)(H,38,41)(H,34,35,36,37). The second-order valence-corrected chi connectivity index (χ2v) is 14.0. The molecule has 1 aromatic carbocycles. The van der Waals surface area contributed by atoms with Gasteiger partial charge in [0, 0.05) is 57.3 Å². The number of alkyl carbamates (subject to hydrolysis) is 1. The molecule has 46 heavy (non-hydrogen) atoms. The van der Waals surface area contributed by atoms with Crippen LogP contribution in [0.1, 0.15) is 21.1 Å². The maximum Gasteiger partial charge on any atom is 0.407 e. The van der Waals surface area contributed by atoms with Crippen LogP contribution >= 0.6 is 44.5 Å². The summed E-state index contributed by atoms with van der Waals surface area (Å²) in [5, 5.41) is 10.9. The summed E-state index contributed by atoms with van der Waals surface area (Å²) >= 11 is 7.49. The van der Waals surface area contributed by atoms with E-state index in [2.05, 4.69) is 45.7 Å². The van der Waals surface area contributed by atoms with Gasteiger partial charge in [-0.25, -0.2) is 24.7 Å². The second kappa shape index (κ2) is 16.8. The van der Waals surface area contributed by atoms with Gasteiger partial charge in [0.05, 0.1) is 16.9 Å². The highest BCUT2D eigenvalue weighted by Crippen LogP contribution is 2.29. The van der Waals surface area contributed by atoms with Crippen LogP contribution in [0.25, 0.3) is 0 Å². The number of aromatic nitrogens is 4. The molecule has 16 heteroatoms. The topological polar surface area (TPSA) is 138 Å². The maximum atomic E-state index is 12.8. The van der Waals surface area contributed by atoms with Crippen LogP contribution in [-0.4, -0.2) is 88.5 Å². The second-order valence-electron chi connectivity index (χ2n) is 10.2. The highest BCUT2D eigenvalue weighted by Gasteiger charge is 2.20. The third kappa shape index (κ3) is 9.93. The number of carbonyl (C=O) groups is 2. The van der Waals surface area contributed by atoms with Crippen LogP contribution in [0.2, 0.25) is 5.02 Å². The Morgan fingerprint density at radius 2 is 1.91 bits per heavy atom. The van der Waals surface area contributed by atoms with Crippen molar-refractivity contribution < 1.29 is 14.3 Å². The smallest absolute Gasteiger partial charge is 0.407 e. The molecular formula is C30H34ClN9O3S3. The zero-order valence-electron chi connectivity index (χ0n) is 25.4. The van der Waals surface area contributed by atoms with Gasteiger partial charge in [-0.3, -0.25) is 9.69 Å². The third-order valence-corrected chi connectivity index (χ3v) is 10.3. The number of pyridine rings is 1. The fourth-order valence-corrected chi connectivity index (χ4v) is 7.22. The normalized spacial score (nSPS) is 13.3. The number of halogens is 1. The molecule has 0 aliphatic carbocycles. The van der Waals surface area contributed by atoms with Gasteiger partial charge in [0.2, 0.25) is 0 Å². The Morgan fingerprint density at radius 1 is 1.07 bits per heavy atom. The number of carbonyl (C=O) groups excluding carboxylic acids is 2. The van der Waals surface area contributed by atoms with Crippen molar-refractivity contribution in [3.8, 4) is 0 Å². The number of thiazole rings is 1. The van der Waals surface area contributed by atoms with E-state index in [9.17, 15) is 9.59 Å². The molecule has 0 bridgehead atoms. The monoisotopic (exact) mass is 699 g/mol. The Bertz CT molecular complexity index is 1600. The number of benzene rings is 1. The molecule has 1 aliphatic rings. The van der Waals surface area contributed by atoms with Gasteiger partial charge < -0.3 is 25.6 Å². The summed E-state index contributed by atoms with van der Waals surface area (Å²) in [7, 11) is 3.16. The first-order valence-electron chi connectivity index (χ1n) is 14.6. The van der Waals surface area contributed by atoms with E-state index < -0.39 is 6.09 Å². The van der Waals surface area contributed by atoms with E-state index in [1.54, 1.807) is 33.9 Å². The number of rotatable bonds is 13. The van der Waals surface area contributed by atoms with E-state index in [0.717, 1.165) is 49.1 Å². The molecular weight excluding hydrogens is 666 g/mol. The number of hydrogen-bond donors (Lipinski definition) is 3. The molecule has 1 saturated heterocycles. The molecule has 0 saturated carbocycles. The van der Waals surface area contributed by atoms with Crippen molar-refractivity contribution in [2.45, 2.75) is 18.9 Å². The fourth-order valence-electron chi connectivity index (χ4n) is 4.52. The lowest BCUT2D eigenvalue weighted by molar-refractivity contribution is 0.103. The summed E-state index contributed by atoms with van der Waals surface area (Å²) in [6, 6.07) is 13.1. The summed E-state index contributed by atoms with van der Waals surface area (Å²) < 4.78 is 5.27. The van der Waals surface area contributed by atoms with E-state index in [-0.39, 0.29) is 5.91 Å². The van der Waals surface area contributed by atoms with Crippen LogP contribution in [-0.2, 0) is 4.74 Å². The van der Waals surface area contributed by atoms with Gasteiger partial charge in [0.15, 0.2) is 5.13 Å². The first-order chi connectivity index (χ1) is 22.3. The lowest BCUT2D eigenvalue weighted by atomic mass is 10.2. The average molecular weight is 700 g/mol. The number of ether oxygens (including phenoxy) is 1. The molecule has 12 nitrogen and oxygen atoms in total. The van der Waals surface area contributed by atoms with Crippen LogP contribution in [0.5, 0.6) is 0 Å². The predicted molar refractivity (Wildman–Crippen MR) is 187 cm³/mol. The summed E-state index contributed by atoms with van der Waals surface area (Å²) in [6.07, 6.45) is 2.89. The molecule has 3 aromatic heterocycles. The van der Waals surface area contributed by atoms with Gasteiger partial charge in [-0.1, -0.05) is 51.9 Å². The Balaban J connectivity index is 1.03. The number of nitrogens with zero attached hydrogens (tertiary/aromatic N) is 6. The Kier molecular flexibility index (Phi) is 12.3. The molecule has 1 fully saturated rings. The molecule has 2 amide bonds. The van der Waals surface area contributed by atoms with E-state index in [4.69, 9.17) is 16.3 Å². The van der Waals surface area contributed by atoms with E-state index in [1.165, 1.54) is 17.5 Å². The number of para-hydroxylation sites is 1. The molecule has 0 radical (unpaired) electrons. The lowest BCUT2D eigenvalue weighted by Gasteiger charge is -2.35. The minimum Gasteiger partial charge on any atom is -0.449 e. The van der Waals surface area contributed by atoms with Crippen molar-refractivity contribution in [1.82, 2.24) is 30.2 Å². The van der Waals surface area contributed by atoms with Crippen molar-refractivity contribution >= 4 is 79.0 Å². The molecule has 0 unspecified atom stereocenters. The van der Waals surface area contributed by atoms with Crippen molar-refractivity contribution in [1.29, 1.82) is 0 Å². The number of amides is 2. The summed E-state index contributed by atoms with van der Waals surface area (Å²) in [5.41, 5.74) is 1.47. The van der Waals surface area contributed by atoms with Gasteiger partial charge >= 0.3 is 6.09 Å². The number of piperazine rings is 1. The molecule has 0 atom stereocenters. The zero-order chi connectivity index (χ0) is 32.3. The molecule has 0 spiro atoms. The Morgan fingerprint density at radius 3 is 2.70 bits per heavy atom. The van der Waals surface area contributed by atoms with E-state index in [0.29, 0.717) is 51.3 Å². The van der Waals surface area contributed by atoms with Crippen LogP contribution in [0, 0.1) is 13.8 Å². The Labute approximate surface area is 284 Å². The van der Waals surface area contributed by atoms with Gasteiger partial charge in [-0.05, 0) is 48.4 Å². The van der Waals surface area contributed by atoms with Crippen LogP contribution in [0.3, 0.4) is 0 Å². The van der Waals surface area contributed by atoms with Gasteiger partial charge in [-0.2, -0.15) is 0 Å². The highest BCUT2D eigenvalue weighted by atomic mass is 35.5. The third-order valence-electron chi connectivity index (χ3n) is 6.82. The molecule has 4 heterocycles. The average Bonchev–Trinajstić information content (AvgIpc) is 3.52. The molecule has 1 aliphatic heterocycles. The summed E-state index contributed by atoms with van der Waals surface area (Å²) in [4.78, 5) is 47.6. The quantitative estimate of drug-likeness (QED) is 0.113. The first-order valence-corrected chi connectivity index (χ1v) is 18.1. The first kappa shape index (κ1) is 33.7. The van der Waals surface area contributed by atoms with Gasteiger partial charge in [0.25, 0.3) is 5.91 Å². The van der Waals surface area contributed by atoms with Crippen LogP contribution in [0.4, 0.5) is 27.2 Å². The van der Waals surface area contributed by atoms with Gasteiger partial charge in [-0.15, -0.1) is 0 Å². The zero-order valence-corrected chi connectivity index (χ0v) is 28.6. The number of anilines is 4. The lowest BCUT2D eigenvalue weighted by Crippen LogP contribution is -2.48. The fraction of sp³-hybridized carbons (Fsp3) is 0.333. The van der Waals surface area contributed by atoms with Crippen LogP contribution < -0.4 is 20.9 Å². The van der Waals surface area contributed by atoms with E-state index >= 15 is 0 Å². The largest absolute Gasteiger partial charge is 0.449 e. The minimum absolute atomic E-state index is 0.281. The Hall–Kier alpha value is -3.63. The van der Waals surface area contributed by atoms with E-state index in [1.807, 2.05) is 50.2 Å². The van der Waals surface area contributed by atoms with Crippen molar-refractivity contribution in [2.24, 2.45) is 0 Å². The number of hydrogen-bond acceptors (Lipinski definition) is 13. The molecule has 3 N–H and O–H groups in total. The highest BCUT2D eigenvalue weighted by molar-refractivity contribution is 8.76. The molecule has 4 aromatic rings. The molecule has 242 valence electrons. The minimum atomic E-state index is -0.401. The SMILES string of the molecule is Cc1nc(Nc2ncc(C(=O)Nc3c(C)cccc3Cl)s2)cc(N2CCN(CCNC(=O)OCCSSc3ccccn3)CC2)n1. The number of nitrogens with one attached hydrogen (secondary N) is 3. The summed E-state index contributed by atoms with van der Waals surface area (Å²) in [6.45, 7) is 8.57. The van der Waals surface area contributed by atoms with Crippen molar-refractivity contribution in [3.63, 3.8) is 0 Å². The number of aryl methyl sites for hydroxylation is 2. The van der Waals surface area contributed by atoms with Crippen molar-refractivity contribution in [3.05, 3.63) is 76.1 Å². The van der Waals surface area contributed by atoms with Crippen molar-refractivity contribution in [2.75, 3.05) is 67.2 Å². The van der Waals surface area contributed by atoms with Gasteiger partial charge in [0.1, 0.15) is 34.0 Å². The van der Waals surface area contributed by atoms with Crippen LogP contribution in [0.15, 0.2) is 59.9 Å². The molecule has 5 rings (SSSR count).